The maximum absolute atomic E-state index is 12.3. The Morgan fingerprint density at radius 3 is 2.32 bits per heavy atom. The van der Waals surface area contributed by atoms with E-state index in [4.69, 9.17) is 10.5 Å². The predicted molar refractivity (Wildman–Crippen MR) is 76.6 cm³/mol. The Labute approximate surface area is 113 Å². The van der Waals surface area contributed by atoms with Gasteiger partial charge in [0, 0.05) is 11.1 Å². The molecule has 0 aromatic heterocycles. The fraction of sp³-hybridized carbons (Fsp3) is 0.188. The predicted octanol–water partition coefficient (Wildman–Crippen LogP) is 3.21. The minimum absolute atomic E-state index is 0.0326. The molecule has 0 aliphatic heterocycles. The van der Waals surface area contributed by atoms with Crippen molar-refractivity contribution < 1.29 is 9.53 Å². The van der Waals surface area contributed by atoms with E-state index in [1.807, 2.05) is 38.1 Å². The minimum Gasteiger partial charge on any atom is -0.492 e. The lowest BCUT2D eigenvalue weighted by Crippen LogP contribution is -2.04. The summed E-state index contributed by atoms with van der Waals surface area (Å²) in [4.78, 5) is 12.3. The number of benzene rings is 2. The van der Waals surface area contributed by atoms with Gasteiger partial charge >= 0.3 is 0 Å². The molecule has 0 amide bonds. The number of nitrogens with two attached hydrogens (primary N) is 1. The summed E-state index contributed by atoms with van der Waals surface area (Å²) in [5.74, 6) is 0.581. The third-order valence-electron chi connectivity index (χ3n) is 2.89. The Morgan fingerprint density at radius 1 is 1.11 bits per heavy atom. The van der Waals surface area contributed by atoms with Crippen molar-refractivity contribution in [3.8, 4) is 5.75 Å². The number of rotatable bonds is 4. The quantitative estimate of drug-likeness (QED) is 0.674. The average molecular weight is 255 g/mol. The third-order valence-corrected chi connectivity index (χ3v) is 2.89. The van der Waals surface area contributed by atoms with Gasteiger partial charge in [0.25, 0.3) is 0 Å². The summed E-state index contributed by atoms with van der Waals surface area (Å²) in [7, 11) is 0. The zero-order valence-corrected chi connectivity index (χ0v) is 11.1. The molecule has 0 aliphatic rings. The van der Waals surface area contributed by atoms with Crippen LogP contribution < -0.4 is 10.5 Å². The van der Waals surface area contributed by atoms with Gasteiger partial charge in [-0.3, -0.25) is 4.79 Å². The molecular formula is C16H17NO2. The lowest BCUT2D eigenvalue weighted by atomic mass is 10.0. The van der Waals surface area contributed by atoms with Gasteiger partial charge < -0.3 is 10.5 Å². The van der Waals surface area contributed by atoms with Gasteiger partial charge in [-0.1, -0.05) is 29.8 Å². The number of carbonyl (C=O) groups is 1. The molecule has 2 N–H and O–H groups in total. The van der Waals surface area contributed by atoms with E-state index < -0.39 is 0 Å². The first-order chi connectivity index (χ1) is 9.11. The van der Waals surface area contributed by atoms with Crippen LogP contribution in [0, 0.1) is 6.92 Å². The summed E-state index contributed by atoms with van der Waals surface area (Å²) in [5, 5.41) is 0. The fourth-order valence-corrected chi connectivity index (χ4v) is 1.85. The first-order valence-corrected chi connectivity index (χ1v) is 6.25. The van der Waals surface area contributed by atoms with Crippen molar-refractivity contribution in [2.24, 2.45) is 0 Å². The first kappa shape index (κ1) is 13.1. The standard InChI is InChI=1S/C16H17NO2/c1-3-19-15-9-8-13(10-14(15)17)16(18)12-6-4-11(2)5-7-12/h4-10H,3,17H2,1-2H3. The summed E-state index contributed by atoms with van der Waals surface area (Å²) in [5.41, 5.74) is 8.72. The van der Waals surface area contributed by atoms with Crippen molar-refractivity contribution in [3.63, 3.8) is 0 Å². The highest BCUT2D eigenvalue weighted by molar-refractivity contribution is 6.09. The maximum atomic E-state index is 12.3. The lowest BCUT2D eigenvalue weighted by molar-refractivity contribution is 0.103. The number of carbonyl (C=O) groups excluding carboxylic acids is 1. The lowest BCUT2D eigenvalue weighted by Gasteiger charge is -2.08. The van der Waals surface area contributed by atoms with Crippen LogP contribution in [0.2, 0.25) is 0 Å². The smallest absolute Gasteiger partial charge is 0.193 e. The van der Waals surface area contributed by atoms with E-state index >= 15 is 0 Å². The van der Waals surface area contributed by atoms with Crippen LogP contribution in [0.4, 0.5) is 5.69 Å². The average Bonchev–Trinajstić information content (AvgIpc) is 2.41. The van der Waals surface area contributed by atoms with Crippen molar-refractivity contribution in [2.75, 3.05) is 12.3 Å². The zero-order chi connectivity index (χ0) is 13.8. The van der Waals surface area contributed by atoms with E-state index in [1.54, 1.807) is 18.2 Å². The summed E-state index contributed by atoms with van der Waals surface area (Å²) in [6.07, 6.45) is 0. The van der Waals surface area contributed by atoms with Gasteiger partial charge in [-0.2, -0.15) is 0 Å². The second kappa shape index (κ2) is 5.57. The van der Waals surface area contributed by atoms with Crippen LogP contribution in [-0.4, -0.2) is 12.4 Å². The van der Waals surface area contributed by atoms with Crippen molar-refractivity contribution in [1.29, 1.82) is 0 Å². The van der Waals surface area contributed by atoms with Crippen LogP contribution in [0.25, 0.3) is 0 Å². The SMILES string of the molecule is CCOc1ccc(C(=O)c2ccc(C)cc2)cc1N. The van der Waals surface area contributed by atoms with Crippen LogP contribution in [0.1, 0.15) is 28.4 Å². The van der Waals surface area contributed by atoms with Crippen molar-refractivity contribution in [3.05, 3.63) is 59.2 Å². The highest BCUT2D eigenvalue weighted by Crippen LogP contribution is 2.24. The Morgan fingerprint density at radius 2 is 1.74 bits per heavy atom. The molecule has 19 heavy (non-hydrogen) atoms. The molecule has 2 aromatic rings. The molecule has 98 valence electrons. The summed E-state index contributed by atoms with van der Waals surface area (Å²) >= 11 is 0. The molecule has 0 radical (unpaired) electrons. The van der Waals surface area contributed by atoms with Crippen molar-refractivity contribution in [2.45, 2.75) is 13.8 Å². The molecule has 0 spiro atoms. The summed E-state index contributed by atoms with van der Waals surface area (Å²) < 4.78 is 5.36. The maximum Gasteiger partial charge on any atom is 0.193 e. The van der Waals surface area contributed by atoms with E-state index in [0.717, 1.165) is 5.56 Å². The molecule has 0 saturated heterocycles. The van der Waals surface area contributed by atoms with E-state index in [1.165, 1.54) is 0 Å². The molecule has 3 nitrogen and oxygen atoms in total. The fourth-order valence-electron chi connectivity index (χ4n) is 1.85. The number of nitrogen functional groups attached to an aromatic ring is 1. The van der Waals surface area contributed by atoms with E-state index in [0.29, 0.717) is 29.2 Å². The van der Waals surface area contributed by atoms with E-state index in [9.17, 15) is 4.79 Å². The van der Waals surface area contributed by atoms with Crippen LogP contribution in [0.15, 0.2) is 42.5 Å². The highest BCUT2D eigenvalue weighted by atomic mass is 16.5. The normalized spacial score (nSPS) is 10.2. The first-order valence-electron chi connectivity index (χ1n) is 6.25. The Hall–Kier alpha value is -2.29. The van der Waals surface area contributed by atoms with E-state index in [2.05, 4.69) is 0 Å². The Balaban J connectivity index is 2.29. The number of hydrogen-bond acceptors (Lipinski definition) is 3. The van der Waals surface area contributed by atoms with Crippen molar-refractivity contribution >= 4 is 11.5 Å². The number of anilines is 1. The number of ether oxygens (including phenoxy) is 1. The third kappa shape index (κ3) is 2.94. The summed E-state index contributed by atoms with van der Waals surface area (Å²) in [6, 6.07) is 12.6. The molecule has 0 fully saturated rings. The van der Waals surface area contributed by atoms with Gasteiger partial charge in [-0.25, -0.2) is 0 Å². The zero-order valence-electron chi connectivity index (χ0n) is 11.1. The molecule has 0 aliphatic carbocycles. The van der Waals surface area contributed by atoms with E-state index in [-0.39, 0.29) is 5.78 Å². The minimum atomic E-state index is -0.0326. The van der Waals surface area contributed by atoms with Gasteiger partial charge in [-0.15, -0.1) is 0 Å². The van der Waals surface area contributed by atoms with Crippen LogP contribution in [-0.2, 0) is 0 Å². The molecule has 0 heterocycles. The van der Waals surface area contributed by atoms with Crippen LogP contribution in [0.5, 0.6) is 5.75 Å². The van der Waals surface area contributed by atoms with Crippen LogP contribution >= 0.6 is 0 Å². The molecule has 2 aromatic carbocycles. The molecular weight excluding hydrogens is 238 g/mol. The molecule has 2 rings (SSSR count). The largest absolute Gasteiger partial charge is 0.492 e. The molecule has 0 unspecified atom stereocenters. The highest BCUT2D eigenvalue weighted by Gasteiger charge is 2.11. The second-order valence-corrected chi connectivity index (χ2v) is 4.38. The summed E-state index contributed by atoms with van der Waals surface area (Å²) in [6.45, 7) is 4.43. The number of aryl methyl sites for hydroxylation is 1. The second-order valence-electron chi connectivity index (χ2n) is 4.38. The monoisotopic (exact) mass is 255 g/mol. The van der Waals surface area contributed by atoms with Gasteiger partial charge in [0.2, 0.25) is 0 Å². The van der Waals surface area contributed by atoms with Gasteiger partial charge in [0.1, 0.15) is 5.75 Å². The van der Waals surface area contributed by atoms with Gasteiger partial charge in [0.15, 0.2) is 5.78 Å². The number of hydrogen-bond donors (Lipinski definition) is 1. The van der Waals surface area contributed by atoms with Gasteiger partial charge in [0.05, 0.1) is 12.3 Å². The van der Waals surface area contributed by atoms with Gasteiger partial charge in [-0.05, 0) is 32.0 Å². The Bertz CT molecular complexity index is 588. The number of ketones is 1. The molecule has 0 saturated carbocycles. The molecule has 0 atom stereocenters. The van der Waals surface area contributed by atoms with Crippen molar-refractivity contribution in [1.82, 2.24) is 0 Å². The molecule has 3 heteroatoms. The molecule has 0 bridgehead atoms. The topological polar surface area (TPSA) is 52.3 Å². The van der Waals surface area contributed by atoms with Crippen LogP contribution in [0.3, 0.4) is 0 Å². The Kier molecular flexibility index (Phi) is 3.85.